The van der Waals surface area contributed by atoms with Crippen LogP contribution >= 0.6 is 0 Å². The van der Waals surface area contributed by atoms with Crippen molar-refractivity contribution in [1.82, 2.24) is 0 Å². The Balaban J connectivity index is 3.17. The topological polar surface area (TPSA) is 26.3 Å². The number of hydrogen-bond acceptors (Lipinski definition) is 2. The minimum atomic E-state index is -0.0676. The second-order valence-electron chi connectivity index (χ2n) is 2.03. The van der Waals surface area contributed by atoms with Crippen molar-refractivity contribution in [3.8, 4) is 11.8 Å². The number of ether oxygens (including phenoxy) is 1. The van der Waals surface area contributed by atoms with Gasteiger partial charge in [0.25, 0.3) is 0 Å². The van der Waals surface area contributed by atoms with Gasteiger partial charge in [0.05, 0.1) is 0 Å². The molecule has 0 aliphatic rings. The van der Waals surface area contributed by atoms with Crippen LogP contribution in [0, 0.1) is 11.8 Å². The van der Waals surface area contributed by atoms with Crippen LogP contribution in [0.25, 0.3) is 0 Å². The molecular weight excluding hydrogens is 219 g/mol. The Kier molecular flexibility index (Phi) is 8.32. The van der Waals surface area contributed by atoms with Crippen molar-refractivity contribution in [2.24, 2.45) is 0 Å². The molecule has 0 aliphatic heterocycles. The standard InChI is InChI=1S/C9H14O2Se/c1-3-5-6-7-12-8-9(10)11-4-2/h4,6-8H2,1-2H3. The van der Waals surface area contributed by atoms with Crippen molar-refractivity contribution in [3.63, 3.8) is 0 Å². The molecule has 0 atom stereocenters. The Labute approximate surface area is 80.2 Å². The van der Waals surface area contributed by atoms with Gasteiger partial charge in [-0.1, -0.05) is 0 Å². The molecule has 0 bridgehead atoms. The predicted octanol–water partition coefficient (Wildman–Crippen LogP) is 1.50. The molecule has 0 N–H and O–H groups in total. The van der Waals surface area contributed by atoms with Crippen LogP contribution in [0.15, 0.2) is 0 Å². The quantitative estimate of drug-likeness (QED) is 0.311. The van der Waals surface area contributed by atoms with E-state index in [1.165, 1.54) is 0 Å². The second-order valence-corrected chi connectivity index (χ2v) is 4.35. The number of hydrogen-bond donors (Lipinski definition) is 0. The summed E-state index contributed by atoms with van der Waals surface area (Å²) >= 11 is 0.371. The van der Waals surface area contributed by atoms with Crippen LogP contribution in [-0.4, -0.2) is 27.5 Å². The first-order chi connectivity index (χ1) is 5.81. The summed E-state index contributed by atoms with van der Waals surface area (Å²) in [6, 6.07) is 0. The number of carbonyl (C=O) groups excluding carboxylic acids is 1. The zero-order valence-electron chi connectivity index (χ0n) is 7.55. The van der Waals surface area contributed by atoms with Crippen LogP contribution in [-0.2, 0) is 9.53 Å². The SMILES string of the molecule is CC#CCC[Se]CC(=O)OCC. The van der Waals surface area contributed by atoms with Crippen LogP contribution in [0.2, 0.25) is 10.6 Å². The van der Waals surface area contributed by atoms with Crippen molar-refractivity contribution in [3.05, 3.63) is 0 Å². The number of carbonyl (C=O) groups is 1. The van der Waals surface area contributed by atoms with E-state index in [2.05, 4.69) is 11.8 Å². The summed E-state index contributed by atoms with van der Waals surface area (Å²) in [6.45, 7) is 4.15. The maximum absolute atomic E-state index is 10.8. The third-order valence-electron chi connectivity index (χ3n) is 1.07. The van der Waals surface area contributed by atoms with Crippen molar-refractivity contribution >= 4 is 20.9 Å². The van der Waals surface area contributed by atoms with Gasteiger partial charge in [-0.3, -0.25) is 0 Å². The molecule has 0 radical (unpaired) electrons. The Morgan fingerprint density at radius 2 is 2.33 bits per heavy atom. The van der Waals surface area contributed by atoms with Crippen molar-refractivity contribution in [2.75, 3.05) is 6.61 Å². The molecular formula is C9H14O2Se. The van der Waals surface area contributed by atoms with Gasteiger partial charge >= 0.3 is 79.8 Å². The molecule has 0 saturated heterocycles. The molecule has 68 valence electrons. The number of esters is 1. The molecule has 0 spiro atoms. The summed E-state index contributed by atoms with van der Waals surface area (Å²) < 4.78 is 4.79. The van der Waals surface area contributed by atoms with Gasteiger partial charge in [-0.2, -0.15) is 0 Å². The third-order valence-corrected chi connectivity index (χ3v) is 3.03. The summed E-state index contributed by atoms with van der Waals surface area (Å²) in [6.07, 6.45) is 0.913. The van der Waals surface area contributed by atoms with Gasteiger partial charge in [-0.05, 0) is 0 Å². The molecule has 0 aromatic carbocycles. The Morgan fingerprint density at radius 3 is 2.92 bits per heavy atom. The van der Waals surface area contributed by atoms with Gasteiger partial charge in [-0.25, -0.2) is 0 Å². The molecule has 3 heteroatoms. The molecule has 2 nitrogen and oxygen atoms in total. The Bertz CT molecular complexity index is 179. The molecule has 0 fully saturated rings. The average molecular weight is 233 g/mol. The fourth-order valence-corrected chi connectivity index (χ4v) is 1.95. The van der Waals surface area contributed by atoms with Gasteiger partial charge < -0.3 is 0 Å². The molecule has 0 aliphatic carbocycles. The Hall–Kier alpha value is -0.451. The zero-order chi connectivity index (χ0) is 9.23. The monoisotopic (exact) mass is 234 g/mol. The summed E-state index contributed by atoms with van der Waals surface area (Å²) in [7, 11) is 0. The van der Waals surface area contributed by atoms with Crippen molar-refractivity contribution in [2.45, 2.75) is 30.9 Å². The van der Waals surface area contributed by atoms with Crippen LogP contribution in [0.3, 0.4) is 0 Å². The van der Waals surface area contributed by atoms with E-state index in [4.69, 9.17) is 4.74 Å². The van der Waals surface area contributed by atoms with Crippen molar-refractivity contribution in [1.29, 1.82) is 0 Å². The van der Waals surface area contributed by atoms with Crippen molar-refractivity contribution < 1.29 is 9.53 Å². The fraction of sp³-hybridized carbons (Fsp3) is 0.667. The van der Waals surface area contributed by atoms with Gasteiger partial charge in [0.1, 0.15) is 0 Å². The van der Waals surface area contributed by atoms with E-state index >= 15 is 0 Å². The van der Waals surface area contributed by atoms with Gasteiger partial charge in [0.2, 0.25) is 0 Å². The van der Waals surface area contributed by atoms with Gasteiger partial charge in [0, 0.05) is 0 Å². The Morgan fingerprint density at radius 1 is 1.58 bits per heavy atom. The predicted molar refractivity (Wildman–Crippen MR) is 50.1 cm³/mol. The van der Waals surface area contributed by atoms with Crippen LogP contribution in [0.1, 0.15) is 20.3 Å². The average Bonchev–Trinajstić information content (AvgIpc) is 2.05. The molecule has 12 heavy (non-hydrogen) atoms. The summed E-state index contributed by atoms with van der Waals surface area (Å²) in [5, 5.41) is 1.64. The van der Waals surface area contributed by atoms with Crippen LogP contribution < -0.4 is 0 Å². The zero-order valence-corrected chi connectivity index (χ0v) is 9.27. The van der Waals surface area contributed by atoms with E-state index in [1.807, 2.05) is 13.8 Å². The van der Waals surface area contributed by atoms with E-state index in [0.717, 1.165) is 11.7 Å². The van der Waals surface area contributed by atoms with E-state index in [9.17, 15) is 4.79 Å². The molecule has 0 aromatic heterocycles. The molecule has 0 heterocycles. The summed E-state index contributed by atoms with van der Waals surface area (Å²) in [5.74, 6) is 5.72. The van der Waals surface area contributed by atoms with E-state index in [-0.39, 0.29) is 5.97 Å². The second kappa shape index (κ2) is 8.64. The van der Waals surface area contributed by atoms with Gasteiger partial charge in [-0.15, -0.1) is 0 Å². The number of rotatable bonds is 5. The summed E-state index contributed by atoms with van der Waals surface area (Å²) in [5.41, 5.74) is 0. The van der Waals surface area contributed by atoms with Crippen LogP contribution in [0.5, 0.6) is 0 Å². The maximum atomic E-state index is 10.8. The van der Waals surface area contributed by atoms with Gasteiger partial charge in [0.15, 0.2) is 0 Å². The van der Waals surface area contributed by atoms with E-state index in [0.29, 0.717) is 26.9 Å². The molecule has 0 rings (SSSR count). The molecule has 0 saturated carbocycles. The molecule has 0 amide bonds. The molecule has 0 aromatic rings. The first-order valence-electron chi connectivity index (χ1n) is 3.94. The third kappa shape index (κ3) is 7.65. The normalized spacial score (nSPS) is 8.50. The van der Waals surface area contributed by atoms with E-state index in [1.54, 1.807) is 0 Å². The molecule has 0 unspecified atom stereocenters. The fourth-order valence-electron chi connectivity index (χ4n) is 0.606. The van der Waals surface area contributed by atoms with E-state index < -0.39 is 0 Å². The first kappa shape index (κ1) is 11.5. The van der Waals surface area contributed by atoms with Crippen LogP contribution in [0.4, 0.5) is 0 Å². The first-order valence-corrected chi connectivity index (χ1v) is 6.36. The minimum absolute atomic E-state index is 0.0676. The summed E-state index contributed by atoms with van der Waals surface area (Å²) in [4.78, 5) is 10.8.